The minimum absolute atomic E-state index is 0.696. The Bertz CT molecular complexity index is 394. The molecule has 0 atom stereocenters. The van der Waals surface area contributed by atoms with Crippen LogP contribution in [0.5, 0.6) is 0 Å². The first-order valence-electron chi connectivity index (χ1n) is 12.5. The van der Waals surface area contributed by atoms with Gasteiger partial charge < -0.3 is 4.74 Å². The summed E-state index contributed by atoms with van der Waals surface area (Å²) in [5.41, 5.74) is 0.696. The Balaban J connectivity index is 1.46. The third kappa shape index (κ3) is 6.62. The van der Waals surface area contributed by atoms with E-state index in [4.69, 9.17) is 4.74 Å². The van der Waals surface area contributed by atoms with Gasteiger partial charge in [0.25, 0.3) is 0 Å². The lowest BCUT2D eigenvalue weighted by Crippen LogP contribution is -2.37. The second-order valence-electron chi connectivity index (χ2n) is 10.2. The molecule has 0 unspecified atom stereocenters. The molecule has 3 saturated carbocycles. The van der Waals surface area contributed by atoms with Gasteiger partial charge in [-0.1, -0.05) is 76.7 Å². The van der Waals surface area contributed by atoms with E-state index in [1.54, 1.807) is 0 Å². The number of hydrogen-bond acceptors (Lipinski definition) is 1. The standard InChI is InChI=1S/C26H46O/c1-2-21-27-22-24-16-19-26(20-17-24,25-14-7-4-8-15-25)18-10-9-13-23-11-5-3-6-12-23/h2,23-25H,1,3-22H2. The molecule has 0 bridgehead atoms. The van der Waals surface area contributed by atoms with Crippen molar-refractivity contribution in [2.24, 2.45) is 23.2 Å². The summed E-state index contributed by atoms with van der Waals surface area (Å²) in [6, 6.07) is 0. The first-order valence-corrected chi connectivity index (χ1v) is 12.5. The van der Waals surface area contributed by atoms with Crippen molar-refractivity contribution in [3.63, 3.8) is 0 Å². The molecule has 0 aromatic heterocycles. The lowest BCUT2D eigenvalue weighted by molar-refractivity contribution is 0.0139. The number of unbranched alkanes of at least 4 members (excludes halogenated alkanes) is 1. The predicted molar refractivity (Wildman–Crippen MR) is 117 cm³/mol. The molecule has 0 radical (unpaired) electrons. The molecule has 0 saturated heterocycles. The van der Waals surface area contributed by atoms with Crippen LogP contribution in [-0.4, -0.2) is 13.2 Å². The zero-order valence-electron chi connectivity index (χ0n) is 18.1. The van der Waals surface area contributed by atoms with E-state index < -0.39 is 0 Å². The van der Waals surface area contributed by atoms with Crippen LogP contribution in [0.25, 0.3) is 0 Å². The van der Waals surface area contributed by atoms with Gasteiger partial charge in [0.05, 0.1) is 6.61 Å². The van der Waals surface area contributed by atoms with Gasteiger partial charge in [0.2, 0.25) is 0 Å². The summed E-state index contributed by atoms with van der Waals surface area (Å²) in [6.45, 7) is 5.47. The third-order valence-electron chi connectivity index (χ3n) is 8.42. The van der Waals surface area contributed by atoms with Gasteiger partial charge in [-0.25, -0.2) is 0 Å². The van der Waals surface area contributed by atoms with Crippen molar-refractivity contribution in [1.82, 2.24) is 0 Å². The molecular weight excluding hydrogens is 328 g/mol. The van der Waals surface area contributed by atoms with E-state index in [2.05, 4.69) is 6.58 Å². The van der Waals surface area contributed by atoms with E-state index in [0.717, 1.165) is 31.0 Å². The topological polar surface area (TPSA) is 9.23 Å². The van der Waals surface area contributed by atoms with Crippen LogP contribution in [0, 0.1) is 23.2 Å². The van der Waals surface area contributed by atoms with E-state index in [1.165, 1.54) is 116 Å². The molecule has 0 aromatic rings. The second-order valence-corrected chi connectivity index (χ2v) is 10.2. The predicted octanol–water partition coefficient (Wildman–Crippen LogP) is 8.09. The summed E-state index contributed by atoms with van der Waals surface area (Å²) in [4.78, 5) is 0. The van der Waals surface area contributed by atoms with Crippen molar-refractivity contribution >= 4 is 0 Å². The van der Waals surface area contributed by atoms with E-state index in [-0.39, 0.29) is 0 Å². The third-order valence-corrected chi connectivity index (χ3v) is 8.42. The quantitative estimate of drug-likeness (QED) is 0.277. The van der Waals surface area contributed by atoms with Crippen LogP contribution in [-0.2, 0) is 4.74 Å². The summed E-state index contributed by atoms with van der Waals surface area (Å²) in [6.07, 6.45) is 28.9. The van der Waals surface area contributed by atoms with Crippen molar-refractivity contribution in [3.8, 4) is 0 Å². The van der Waals surface area contributed by atoms with Gasteiger partial charge in [-0.2, -0.15) is 0 Å². The molecular formula is C26H46O. The first-order chi connectivity index (χ1) is 13.3. The maximum absolute atomic E-state index is 5.78. The van der Waals surface area contributed by atoms with Gasteiger partial charge in [-0.05, 0) is 68.1 Å². The van der Waals surface area contributed by atoms with E-state index in [9.17, 15) is 0 Å². The minimum atomic E-state index is 0.696. The highest BCUT2D eigenvalue weighted by molar-refractivity contribution is 4.92. The van der Waals surface area contributed by atoms with E-state index in [1.807, 2.05) is 6.08 Å². The van der Waals surface area contributed by atoms with Crippen LogP contribution in [0.3, 0.4) is 0 Å². The highest BCUT2D eigenvalue weighted by atomic mass is 16.5. The highest BCUT2D eigenvalue weighted by Gasteiger charge is 2.41. The Labute approximate surface area is 169 Å². The molecule has 1 nitrogen and oxygen atoms in total. The fraction of sp³-hybridized carbons (Fsp3) is 0.923. The smallest absolute Gasteiger partial charge is 0.0644 e. The molecule has 27 heavy (non-hydrogen) atoms. The molecule has 156 valence electrons. The zero-order chi connectivity index (χ0) is 18.8. The summed E-state index contributed by atoms with van der Waals surface area (Å²) < 4.78 is 5.78. The Kier molecular flexibility index (Phi) is 9.23. The van der Waals surface area contributed by atoms with Crippen LogP contribution in [0.4, 0.5) is 0 Å². The summed E-state index contributed by atoms with van der Waals surface area (Å²) in [5, 5.41) is 0. The van der Waals surface area contributed by atoms with Crippen molar-refractivity contribution in [2.45, 2.75) is 116 Å². The van der Waals surface area contributed by atoms with Crippen molar-refractivity contribution in [1.29, 1.82) is 0 Å². The molecule has 0 aliphatic heterocycles. The summed E-state index contributed by atoms with van der Waals surface area (Å²) in [5.74, 6) is 2.92. The minimum Gasteiger partial charge on any atom is -0.377 e. The Morgan fingerprint density at radius 1 is 0.778 bits per heavy atom. The maximum Gasteiger partial charge on any atom is 0.0644 e. The number of rotatable bonds is 10. The van der Waals surface area contributed by atoms with E-state index >= 15 is 0 Å². The molecule has 0 aromatic carbocycles. The average Bonchev–Trinajstić information content (AvgIpc) is 2.74. The van der Waals surface area contributed by atoms with Gasteiger partial charge >= 0.3 is 0 Å². The number of ether oxygens (including phenoxy) is 1. The molecule has 3 fully saturated rings. The Hall–Kier alpha value is -0.300. The van der Waals surface area contributed by atoms with Gasteiger partial charge in [0, 0.05) is 6.61 Å². The maximum atomic E-state index is 5.78. The molecule has 1 heteroatoms. The fourth-order valence-electron chi connectivity index (χ4n) is 6.70. The lowest BCUT2D eigenvalue weighted by Gasteiger charge is -2.47. The fourth-order valence-corrected chi connectivity index (χ4v) is 6.70. The van der Waals surface area contributed by atoms with Crippen LogP contribution in [0.15, 0.2) is 12.7 Å². The lowest BCUT2D eigenvalue weighted by atomic mass is 9.58. The Morgan fingerprint density at radius 3 is 2.11 bits per heavy atom. The highest BCUT2D eigenvalue weighted by Crippen LogP contribution is 2.52. The summed E-state index contributed by atoms with van der Waals surface area (Å²) in [7, 11) is 0. The SMILES string of the molecule is C=CCOCC1CCC(CCCCC2CCCCC2)(C2CCCCC2)CC1. The zero-order valence-corrected chi connectivity index (χ0v) is 18.1. The Morgan fingerprint density at radius 2 is 1.44 bits per heavy atom. The van der Waals surface area contributed by atoms with Gasteiger partial charge in [-0.15, -0.1) is 6.58 Å². The molecule has 3 rings (SSSR count). The van der Waals surface area contributed by atoms with E-state index in [0.29, 0.717) is 5.41 Å². The first kappa shape index (κ1) is 21.4. The van der Waals surface area contributed by atoms with Crippen molar-refractivity contribution in [2.75, 3.05) is 13.2 Å². The molecule has 0 N–H and O–H groups in total. The molecule has 0 amide bonds. The largest absolute Gasteiger partial charge is 0.377 e. The van der Waals surface area contributed by atoms with Gasteiger partial charge in [-0.3, -0.25) is 0 Å². The van der Waals surface area contributed by atoms with Crippen molar-refractivity contribution < 1.29 is 4.74 Å². The second kappa shape index (κ2) is 11.6. The average molecular weight is 375 g/mol. The summed E-state index contributed by atoms with van der Waals surface area (Å²) >= 11 is 0. The van der Waals surface area contributed by atoms with Gasteiger partial charge in [0.15, 0.2) is 0 Å². The van der Waals surface area contributed by atoms with Crippen molar-refractivity contribution in [3.05, 3.63) is 12.7 Å². The number of hydrogen-bond donors (Lipinski definition) is 0. The molecule has 0 heterocycles. The normalized spacial score (nSPS) is 31.0. The van der Waals surface area contributed by atoms with Gasteiger partial charge in [0.1, 0.15) is 0 Å². The molecule has 3 aliphatic rings. The monoisotopic (exact) mass is 374 g/mol. The van der Waals surface area contributed by atoms with Crippen LogP contribution < -0.4 is 0 Å². The molecule has 0 spiro atoms. The molecule has 3 aliphatic carbocycles. The van der Waals surface area contributed by atoms with Crippen LogP contribution in [0.1, 0.15) is 116 Å². The van der Waals surface area contributed by atoms with Crippen LogP contribution in [0.2, 0.25) is 0 Å². The van der Waals surface area contributed by atoms with Crippen LogP contribution >= 0.6 is 0 Å².